The van der Waals surface area contributed by atoms with Gasteiger partial charge in [0.15, 0.2) is 0 Å². The molecule has 0 N–H and O–H groups in total. The van der Waals surface area contributed by atoms with E-state index in [0.717, 1.165) is 0 Å². The van der Waals surface area contributed by atoms with Crippen LogP contribution in [-0.2, 0) is 72.2 Å². The zero-order chi connectivity index (χ0) is 13.5. The Morgan fingerprint density at radius 1 is 0.529 bits per heavy atom. The summed E-state index contributed by atoms with van der Waals surface area (Å²) in [5.74, 6) is 0. The van der Waals surface area contributed by atoms with Gasteiger partial charge in [0.2, 0.25) is 0 Å². The van der Waals surface area contributed by atoms with Gasteiger partial charge in [0, 0.05) is 0 Å². The summed E-state index contributed by atoms with van der Waals surface area (Å²) in [6.07, 6.45) is 0. The summed E-state index contributed by atoms with van der Waals surface area (Å²) in [6.45, 7) is 0. The second-order valence-corrected chi connectivity index (χ2v) is 14.8. The number of rotatable bonds is 0. The Morgan fingerprint density at radius 2 is 0.529 bits per heavy atom. The minimum absolute atomic E-state index is 0. The van der Waals surface area contributed by atoms with Gasteiger partial charge in [-0.25, -0.2) is 0 Å². The fourth-order valence-corrected chi connectivity index (χ4v) is 0. The molecule has 96 valence electrons. The Morgan fingerprint density at radius 3 is 0.529 bits per heavy atom. The molecule has 0 aromatic heterocycles. The Labute approximate surface area is 190 Å². The summed E-state index contributed by atoms with van der Waals surface area (Å²) in [5.41, 5.74) is -11.2. The van der Waals surface area contributed by atoms with Crippen molar-refractivity contribution >= 4 is 165 Å². The van der Waals surface area contributed by atoms with Crippen molar-refractivity contribution in [2.24, 2.45) is 0 Å². The normalized spacial score (nSPS) is 10.4. The maximum Gasteiger partial charge on any atom is 2.00 e. The van der Waals surface area contributed by atoms with Crippen molar-refractivity contribution in [3.8, 4) is 0 Å². The standard InChI is InChI=1S/2Ca.3H3O2PS2/c;;3*1-3(2,4)5/h;;3*(H3,1,2,4,5)/q2*+2;;;/p-9. The minimum Gasteiger partial charge on any atom is -0.850 e. The molecule has 0 radical (unpaired) electrons. The van der Waals surface area contributed by atoms with E-state index in [2.05, 4.69) is 72.2 Å². The van der Waals surface area contributed by atoms with Gasteiger partial charge < -0.3 is 83.2 Å². The van der Waals surface area contributed by atoms with Crippen LogP contribution in [0, 0.1) is 0 Å². The van der Waals surface area contributed by atoms with Gasteiger partial charge in [0.1, 0.15) is 0 Å². The van der Waals surface area contributed by atoms with Gasteiger partial charge in [-0.15, -0.1) is 0 Å². The molecule has 6 nitrogen and oxygen atoms in total. The molecule has 0 amide bonds. The number of hydrogen-bond acceptors (Lipinski definition) is 12. The minimum atomic E-state index is -3.72. The molecule has 0 aromatic carbocycles. The second kappa shape index (κ2) is 16.1. The van der Waals surface area contributed by atoms with Crippen LogP contribution in [0.1, 0.15) is 0 Å². The van der Waals surface area contributed by atoms with Gasteiger partial charge in [0.05, 0.1) is 0 Å². The summed E-state index contributed by atoms with van der Waals surface area (Å²) in [7, 11) is 0. The summed E-state index contributed by atoms with van der Waals surface area (Å²) in [6, 6.07) is 0. The van der Waals surface area contributed by atoms with Crippen molar-refractivity contribution in [1.82, 2.24) is 0 Å². The first kappa shape index (κ1) is 33.8. The van der Waals surface area contributed by atoms with Crippen LogP contribution in [-0.4, -0.2) is 75.5 Å². The van der Waals surface area contributed by atoms with Crippen molar-refractivity contribution in [3.63, 3.8) is 0 Å². The van der Waals surface area contributed by atoms with Crippen molar-refractivity contribution in [3.05, 3.63) is 0 Å². The van der Waals surface area contributed by atoms with Crippen molar-refractivity contribution in [2.45, 2.75) is 0 Å². The average molecular weight is 461 g/mol. The molecule has 17 heavy (non-hydrogen) atoms. The first-order chi connectivity index (χ1) is 6.00. The van der Waals surface area contributed by atoms with E-state index < -0.39 is 17.1 Å². The molecular weight excluding hydrogens is 461 g/mol. The molecule has 0 aliphatic heterocycles. The molecule has 0 aliphatic rings. The van der Waals surface area contributed by atoms with Crippen molar-refractivity contribution in [2.75, 3.05) is 0 Å². The number of hydrogen-bond donors (Lipinski definition) is 0. The summed E-state index contributed by atoms with van der Waals surface area (Å²) >= 11 is 21.8. The van der Waals surface area contributed by atoms with E-state index in [-0.39, 0.29) is 75.5 Å². The third-order valence-electron chi connectivity index (χ3n) is 0. The molecule has 0 unspecified atom stereocenters. The second-order valence-electron chi connectivity index (χ2n) is 1.34. The van der Waals surface area contributed by atoms with Crippen LogP contribution in [0.25, 0.3) is 0 Å². The third-order valence-corrected chi connectivity index (χ3v) is 0. The van der Waals surface area contributed by atoms with E-state index in [1.807, 2.05) is 0 Å². The fourth-order valence-electron chi connectivity index (χ4n) is 0. The average Bonchev–Trinajstić information content (AvgIpc) is 1.41. The topological polar surface area (TPSA) is 138 Å². The fraction of sp³-hybridized carbons (Fsp3) is 0. The summed E-state index contributed by atoms with van der Waals surface area (Å²) in [4.78, 5) is 55.7. The zero-order valence-electron chi connectivity index (χ0n) is 7.65. The van der Waals surface area contributed by atoms with Crippen LogP contribution < -0.4 is 29.4 Å². The molecular formula is Ca2O6P3S6-5. The predicted molar refractivity (Wildman–Crippen MR) is 76.5 cm³/mol. The molecule has 0 fully saturated rings. The van der Waals surface area contributed by atoms with Crippen LogP contribution in [0.3, 0.4) is 0 Å². The SMILES string of the molecule is [Ca+2].[Ca+2].[O-]P([O-])(=S)[S-].[O-]P([O-])(=S)[S-].[O-]P([O-])(=S)[S-]. The Balaban J connectivity index is -0.0000000400. The Hall–Kier alpha value is 5.28. The molecule has 0 aliphatic carbocycles. The maximum absolute atomic E-state index is 9.29. The smallest absolute Gasteiger partial charge is 0.850 e. The molecule has 0 bridgehead atoms. The van der Waals surface area contributed by atoms with Gasteiger partial charge in [0.25, 0.3) is 0 Å². The van der Waals surface area contributed by atoms with E-state index in [1.54, 1.807) is 0 Å². The Bertz CT molecular complexity index is 218. The Kier molecular flexibility index (Phi) is 32.1. The van der Waals surface area contributed by atoms with E-state index >= 15 is 0 Å². The van der Waals surface area contributed by atoms with E-state index in [9.17, 15) is 29.4 Å². The first-order valence-corrected chi connectivity index (χ1v) is 13.1. The molecule has 0 heterocycles. The molecule has 0 rings (SSSR count). The molecule has 0 saturated heterocycles. The zero-order valence-corrected chi connectivity index (χ0v) is 19.7. The van der Waals surface area contributed by atoms with Gasteiger partial charge in [-0.1, -0.05) is 0 Å². The summed E-state index contributed by atoms with van der Waals surface area (Å²) < 4.78 is 0. The largest absolute Gasteiger partial charge is 2.00 e. The van der Waals surface area contributed by atoms with Gasteiger partial charge in [-0.2, -0.15) is 35.4 Å². The first-order valence-electron chi connectivity index (χ1n) is 2.19. The van der Waals surface area contributed by atoms with Crippen LogP contribution in [0.2, 0.25) is 0 Å². The van der Waals surface area contributed by atoms with E-state index in [4.69, 9.17) is 0 Å². The molecule has 0 saturated carbocycles. The van der Waals surface area contributed by atoms with E-state index in [0.29, 0.717) is 0 Å². The van der Waals surface area contributed by atoms with Crippen LogP contribution >= 0.6 is 17.1 Å². The maximum atomic E-state index is 9.29. The van der Waals surface area contributed by atoms with Gasteiger partial charge in [-0.05, 0) is 0 Å². The molecule has 0 atom stereocenters. The quantitative estimate of drug-likeness (QED) is 0.193. The summed E-state index contributed by atoms with van der Waals surface area (Å²) in [5, 5.41) is 0. The van der Waals surface area contributed by atoms with Crippen molar-refractivity contribution < 1.29 is 29.4 Å². The molecule has 17 heteroatoms. The van der Waals surface area contributed by atoms with Gasteiger partial charge >= 0.3 is 75.5 Å². The molecule has 0 spiro atoms. The van der Waals surface area contributed by atoms with Crippen molar-refractivity contribution in [1.29, 1.82) is 0 Å². The van der Waals surface area contributed by atoms with E-state index in [1.165, 1.54) is 0 Å². The van der Waals surface area contributed by atoms with Gasteiger partial charge in [-0.3, -0.25) is 0 Å². The predicted octanol–water partition coefficient (Wildman–Crippen LogP) is -5.33. The third kappa shape index (κ3) is 284. The monoisotopic (exact) mass is 461 g/mol. The molecule has 0 aromatic rings. The van der Waals surface area contributed by atoms with Crippen LogP contribution in [0.5, 0.6) is 0 Å². The van der Waals surface area contributed by atoms with Crippen LogP contribution in [0.4, 0.5) is 0 Å². The van der Waals surface area contributed by atoms with Crippen LogP contribution in [0.15, 0.2) is 0 Å².